The molecule has 2 aliphatic rings. The third kappa shape index (κ3) is 1.39. The fourth-order valence-electron chi connectivity index (χ4n) is 3.28. The molecule has 0 aromatic heterocycles. The lowest BCUT2D eigenvalue weighted by molar-refractivity contribution is 0.0669. The van der Waals surface area contributed by atoms with Gasteiger partial charge >= 0.3 is 0 Å². The maximum Gasteiger partial charge on any atom is 0.0571 e. The zero-order valence-electron chi connectivity index (χ0n) is 8.00. The molecule has 2 saturated carbocycles. The molecule has 1 nitrogen and oxygen atoms in total. The van der Waals surface area contributed by atoms with Gasteiger partial charge in [0.1, 0.15) is 0 Å². The van der Waals surface area contributed by atoms with Crippen molar-refractivity contribution in [1.82, 2.24) is 0 Å². The first-order valence-corrected chi connectivity index (χ1v) is 5.49. The third-order valence-electron chi connectivity index (χ3n) is 3.87. The molecule has 4 unspecified atom stereocenters. The summed E-state index contributed by atoms with van der Waals surface area (Å²) < 4.78 is 0. The molecule has 0 saturated heterocycles. The molecule has 0 aromatic rings. The first kappa shape index (κ1) is 8.55. The predicted octanol–water partition coefficient (Wildman–Crippen LogP) is 2.58. The monoisotopic (exact) mass is 168 g/mol. The van der Waals surface area contributed by atoms with E-state index in [4.69, 9.17) is 0 Å². The van der Waals surface area contributed by atoms with Crippen LogP contribution in [-0.2, 0) is 0 Å². The smallest absolute Gasteiger partial charge is 0.0571 e. The highest BCUT2D eigenvalue weighted by Crippen LogP contribution is 2.49. The van der Waals surface area contributed by atoms with Gasteiger partial charge in [-0.2, -0.15) is 0 Å². The zero-order chi connectivity index (χ0) is 8.55. The molecular weight excluding hydrogens is 148 g/mol. The molecule has 0 radical (unpaired) electrons. The summed E-state index contributed by atoms with van der Waals surface area (Å²) in [7, 11) is 0. The van der Waals surface area contributed by atoms with Gasteiger partial charge in [-0.15, -0.1) is 0 Å². The van der Waals surface area contributed by atoms with E-state index in [1.165, 1.54) is 25.7 Å². The standard InChI is InChI=1S/C11H20O/c1-2-3-11(12)10-7-8-4-5-9(10)6-8/h8-12H,2-7H2,1H3. The Hall–Kier alpha value is -0.0400. The Morgan fingerprint density at radius 2 is 2.17 bits per heavy atom. The molecule has 0 aliphatic heterocycles. The number of aliphatic hydroxyl groups is 1. The molecule has 2 rings (SSSR count). The first-order chi connectivity index (χ1) is 5.81. The van der Waals surface area contributed by atoms with Gasteiger partial charge in [0, 0.05) is 0 Å². The van der Waals surface area contributed by atoms with Crippen molar-refractivity contribution in [3.63, 3.8) is 0 Å². The molecule has 12 heavy (non-hydrogen) atoms. The Morgan fingerprint density at radius 3 is 2.67 bits per heavy atom. The number of fused-ring (bicyclic) bond motifs is 2. The van der Waals surface area contributed by atoms with Gasteiger partial charge in [0.15, 0.2) is 0 Å². The van der Waals surface area contributed by atoms with E-state index < -0.39 is 0 Å². The molecule has 0 spiro atoms. The summed E-state index contributed by atoms with van der Waals surface area (Å²) in [6.45, 7) is 2.16. The van der Waals surface area contributed by atoms with E-state index in [1.54, 1.807) is 0 Å². The average molecular weight is 168 g/mol. The number of rotatable bonds is 3. The molecule has 2 aliphatic carbocycles. The maximum absolute atomic E-state index is 9.87. The summed E-state index contributed by atoms with van der Waals surface area (Å²) in [5.74, 6) is 2.53. The van der Waals surface area contributed by atoms with E-state index in [0.29, 0.717) is 5.92 Å². The number of hydrogen-bond donors (Lipinski definition) is 1. The van der Waals surface area contributed by atoms with Gasteiger partial charge in [0.2, 0.25) is 0 Å². The normalized spacial score (nSPS) is 42.0. The lowest BCUT2D eigenvalue weighted by Crippen LogP contribution is -2.25. The Morgan fingerprint density at radius 1 is 1.33 bits per heavy atom. The van der Waals surface area contributed by atoms with Crippen LogP contribution in [0.25, 0.3) is 0 Å². The van der Waals surface area contributed by atoms with Crippen molar-refractivity contribution >= 4 is 0 Å². The van der Waals surface area contributed by atoms with Crippen molar-refractivity contribution in [2.45, 2.75) is 51.6 Å². The van der Waals surface area contributed by atoms with Crippen molar-refractivity contribution in [1.29, 1.82) is 0 Å². The minimum Gasteiger partial charge on any atom is -0.393 e. The van der Waals surface area contributed by atoms with Crippen molar-refractivity contribution in [3.05, 3.63) is 0 Å². The molecule has 0 aromatic carbocycles. The second kappa shape index (κ2) is 3.37. The fraction of sp³-hybridized carbons (Fsp3) is 1.00. The van der Waals surface area contributed by atoms with E-state index >= 15 is 0 Å². The average Bonchev–Trinajstić information content (AvgIpc) is 2.64. The van der Waals surface area contributed by atoms with Gasteiger partial charge in [-0.25, -0.2) is 0 Å². The van der Waals surface area contributed by atoms with E-state index in [1.807, 2.05) is 0 Å². The van der Waals surface area contributed by atoms with Crippen molar-refractivity contribution < 1.29 is 5.11 Å². The summed E-state index contributed by atoms with van der Waals surface area (Å²) >= 11 is 0. The molecule has 0 amide bonds. The topological polar surface area (TPSA) is 20.2 Å². The highest BCUT2D eigenvalue weighted by molar-refractivity contribution is 4.92. The quantitative estimate of drug-likeness (QED) is 0.686. The van der Waals surface area contributed by atoms with Gasteiger partial charge in [-0.1, -0.05) is 19.8 Å². The summed E-state index contributed by atoms with van der Waals surface area (Å²) in [6.07, 6.45) is 7.77. The fourth-order valence-corrected chi connectivity index (χ4v) is 3.28. The maximum atomic E-state index is 9.87. The zero-order valence-corrected chi connectivity index (χ0v) is 8.00. The van der Waals surface area contributed by atoms with Crippen LogP contribution in [0, 0.1) is 17.8 Å². The van der Waals surface area contributed by atoms with Gasteiger partial charge in [0.05, 0.1) is 6.10 Å². The molecule has 70 valence electrons. The summed E-state index contributed by atoms with van der Waals surface area (Å²) in [5.41, 5.74) is 0. The predicted molar refractivity (Wildman–Crippen MR) is 49.9 cm³/mol. The van der Waals surface area contributed by atoms with Crippen LogP contribution < -0.4 is 0 Å². The van der Waals surface area contributed by atoms with Crippen LogP contribution in [0.5, 0.6) is 0 Å². The second-order valence-corrected chi connectivity index (χ2v) is 4.69. The van der Waals surface area contributed by atoms with E-state index in [9.17, 15) is 5.11 Å². The van der Waals surface area contributed by atoms with Crippen molar-refractivity contribution in [2.75, 3.05) is 0 Å². The van der Waals surface area contributed by atoms with E-state index in [0.717, 1.165) is 24.7 Å². The van der Waals surface area contributed by atoms with Gasteiger partial charge in [0.25, 0.3) is 0 Å². The first-order valence-electron chi connectivity index (χ1n) is 5.49. The highest BCUT2D eigenvalue weighted by Gasteiger charge is 2.42. The highest BCUT2D eigenvalue weighted by atomic mass is 16.3. The van der Waals surface area contributed by atoms with Crippen LogP contribution in [0.2, 0.25) is 0 Å². The second-order valence-electron chi connectivity index (χ2n) is 4.69. The summed E-state index contributed by atoms with van der Waals surface area (Å²) in [5, 5.41) is 9.87. The SMILES string of the molecule is CCCC(O)C1CC2CCC1C2. The lowest BCUT2D eigenvalue weighted by atomic mass is 9.83. The summed E-state index contributed by atoms with van der Waals surface area (Å²) in [6, 6.07) is 0. The van der Waals surface area contributed by atoms with E-state index in [2.05, 4.69) is 6.92 Å². The molecule has 4 atom stereocenters. The Bertz CT molecular complexity index is 155. The van der Waals surface area contributed by atoms with Gasteiger partial charge in [-0.3, -0.25) is 0 Å². The molecule has 2 fully saturated rings. The Balaban J connectivity index is 1.89. The van der Waals surface area contributed by atoms with Crippen LogP contribution >= 0.6 is 0 Å². The van der Waals surface area contributed by atoms with Gasteiger partial charge in [-0.05, 0) is 43.4 Å². The van der Waals surface area contributed by atoms with Crippen LogP contribution in [0.4, 0.5) is 0 Å². The van der Waals surface area contributed by atoms with Crippen LogP contribution in [-0.4, -0.2) is 11.2 Å². The number of hydrogen-bond acceptors (Lipinski definition) is 1. The third-order valence-corrected chi connectivity index (χ3v) is 3.87. The lowest BCUT2D eigenvalue weighted by Gasteiger charge is -2.26. The van der Waals surface area contributed by atoms with Gasteiger partial charge < -0.3 is 5.11 Å². The molecule has 2 bridgehead atoms. The Labute approximate surface area is 75.2 Å². The minimum absolute atomic E-state index is 0.0188. The molecule has 1 heteroatoms. The van der Waals surface area contributed by atoms with Crippen LogP contribution in [0.1, 0.15) is 45.4 Å². The van der Waals surface area contributed by atoms with E-state index in [-0.39, 0.29) is 6.10 Å². The molecule has 0 heterocycles. The number of aliphatic hydroxyl groups excluding tert-OH is 1. The Kier molecular flexibility index (Phi) is 2.40. The minimum atomic E-state index is 0.0188. The van der Waals surface area contributed by atoms with Crippen molar-refractivity contribution in [2.24, 2.45) is 17.8 Å². The van der Waals surface area contributed by atoms with Crippen molar-refractivity contribution in [3.8, 4) is 0 Å². The molecule has 1 N–H and O–H groups in total. The largest absolute Gasteiger partial charge is 0.393 e. The van der Waals surface area contributed by atoms with Crippen LogP contribution in [0.3, 0.4) is 0 Å². The summed E-state index contributed by atoms with van der Waals surface area (Å²) in [4.78, 5) is 0. The van der Waals surface area contributed by atoms with Crippen LogP contribution in [0.15, 0.2) is 0 Å². The molecular formula is C11H20O.